The molecule has 0 aromatic heterocycles. The van der Waals surface area contributed by atoms with Gasteiger partial charge in [0.15, 0.2) is 0 Å². The monoisotopic (exact) mass is 209 g/mol. The number of hydrogen-bond donors (Lipinski definition) is 1. The zero-order chi connectivity index (χ0) is 11.3. The van der Waals surface area contributed by atoms with Gasteiger partial charge in [-0.25, -0.2) is 0 Å². The Balaban J connectivity index is 2.13. The van der Waals surface area contributed by atoms with Crippen molar-refractivity contribution >= 4 is 0 Å². The highest BCUT2D eigenvalue weighted by Gasteiger charge is 2.24. The number of nitrogens with zero attached hydrogens (tertiary/aromatic N) is 2. The second-order valence-electron chi connectivity index (χ2n) is 4.97. The van der Waals surface area contributed by atoms with Crippen LogP contribution in [0.15, 0.2) is 0 Å². The first-order chi connectivity index (χ1) is 7.07. The molecule has 3 heteroatoms. The summed E-state index contributed by atoms with van der Waals surface area (Å²) in [6.07, 6.45) is 4.64. The van der Waals surface area contributed by atoms with Crippen molar-refractivity contribution in [2.24, 2.45) is 11.7 Å². The SMILES string of the molecule is CCN(CCCC(C)(N)C#N)CC1CC1. The van der Waals surface area contributed by atoms with Crippen LogP contribution in [0, 0.1) is 17.2 Å². The van der Waals surface area contributed by atoms with Crippen LogP contribution in [0.3, 0.4) is 0 Å². The van der Waals surface area contributed by atoms with E-state index in [1.54, 1.807) is 0 Å². The molecule has 1 atom stereocenters. The standard InChI is InChI=1S/C12H23N3/c1-3-15(9-11-5-6-11)8-4-7-12(2,14)10-13/h11H,3-9,14H2,1-2H3. The molecule has 1 aliphatic carbocycles. The number of nitrogens with two attached hydrogens (primary N) is 1. The fraction of sp³-hybridized carbons (Fsp3) is 0.917. The number of hydrogen-bond acceptors (Lipinski definition) is 3. The van der Waals surface area contributed by atoms with E-state index in [2.05, 4.69) is 17.9 Å². The van der Waals surface area contributed by atoms with E-state index in [1.165, 1.54) is 19.4 Å². The molecule has 1 fully saturated rings. The van der Waals surface area contributed by atoms with E-state index in [0.717, 1.165) is 31.8 Å². The van der Waals surface area contributed by atoms with Gasteiger partial charge in [0.25, 0.3) is 0 Å². The highest BCUT2D eigenvalue weighted by atomic mass is 15.1. The molecule has 1 unspecified atom stereocenters. The molecule has 86 valence electrons. The zero-order valence-electron chi connectivity index (χ0n) is 10.00. The number of nitriles is 1. The summed E-state index contributed by atoms with van der Waals surface area (Å²) >= 11 is 0. The molecule has 3 nitrogen and oxygen atoms in total. The Morgan fingerprint density at radius 1 is 1.53 bits per heavy atom. The molecule has 0 aromatic rings. The third kappa shape index (κ3) is 5.15. The summed E-state index contributed by atoms with van der Waals surface area (Å²) in [4.78, 5) is 2.48. The average molecular weight is 209 g/mol. The quantitative estimate of drug-likeness (QED) is 0.695. The molecule has 2 N–H and O–H groups in total. The smallest absolute Gasteiger partial charge is 0.101 e. The molecule has 0 radical (unpaired) electrons. The van der Waals surface area contributed by atoms with E-state index >= 15 is 0 Å². The number of rotatable bonds is 7. The van der Waals surface area contributed by atoms with Gasteiger partial charge in [0, 0.05) is 6.54 Å². The van der Waals surface area contributed by atoms with Gasteiger partial charge in [0.05, 0.1) is 6.07 Å². The molecular weight excluding hydrogens is 186 g/mol. The molecule has 1 rings (SSSR count). The summed E-state index contributed by atoms with van der Waals surface area (Å²) in [5, 5.41) is 8.78. The van der Waals surface area contributed by atoms with Gasteiger partial charge < -0.3 is 10.6 Å². The first-order valence-electron chi connectivity index (χ1n) is 6.00. The molecule has 0 heterocycles. The van der Waals surface area contributed by atoms with Crippen molar-refractivity contribution in [3.8, 4) is 6.07 Å². The average Bonchev–Trinajstić information content (AvgIpc) is 3.00. The van der Waals surface area contributed by atoms with E-state index in [9.17, 15) is 0 Å². The summed E-state index contributed by atoms with van der Waals surface area (Å²) in [6, 6.07) is 2.15. The van der Waals surface area contributed by atoms with Crippen LogP contribution in [-0.4, -0.2) is 30.1 Å². The molecule has 0 spiro atoms. The van der Waals surface area contributed by atoms with E-state index in [0.29, 0.717) is 0 Å². The van der Waals surface area contributed by atoms with Crippen LogP contribution in [0.4, 0.5) is 0 Å². The van der Waals surface area contributed by atoms with E-state index in [4.69, 9.17) is 11.0 Å². The molecule has 0 aromatic carbocycles. The van der Waals surface area contributed by atoms with Crippen molar-refractivity contribution in [1.29, 1.82) is 5.26 Å². The van der Waals surface area contributed by atoms with E-state index in [1.807, 2.05) is 6.92 Å². The van der Waals surface area contributed by atoms with Gasteiger partial charge in [0.2, 0.25) is 0 Å². The van der Waals surface area contributed by atoms with E-state index in [-0.39, 0.29) is 0 Å². The lowest BCUT2D eigenvalue weighted by molar-refractivity contribution is 0.265. The minimum atomic E-state index is -0.640. The predicted molar refractivity (Wildman–Crippen MR) is 62.3 cm³/mol. The summed E-state index contributed by atoms with van der Waals surface area (Å²) in [5.41, 5.74) is 5.14. The van der Waals surface area contributed by atoms with Crippen LogP contribution in [-0.2, 0) is 0 Å². The third-order valence-corrected chi connectivity index (χ3v) is 3.09. The highest BCUT2D eigenvalue weighted by Crippen LogP contribution is 2.29. The molecule has 1 saturated carbocycles. The molecule has 0 saturated heterocycles. The van der Waals surface area contributed by atoms with Crippen LogP contribution < -0.4 is 5.73 Å². The Hall–Kier alpha value is -0.590. The largest absolute Gasteiger partial charge is 0.314 e. The molecule has 0 amide bonds. The molecule has 0 aliphatic heterocycles. The second kappa shape index (κ2) is 5.48. The van der Waals surface area contributed by atoms with Gasteiger partial charge in [-0.15, -0.1) is 0 Å². The van der Waals surface area contributed by atoms with Gasteiger partial charge in [0.1, 0.15) is 5.54 Å². The van der Waals surface area contributed by atoms with Gasteiger partial charge in [-0.3, -0.25) is 0 Å². The third-order valence-electron chi connectivity index (χ3n) is 3.09. The molecule has 15 heavy (non-hydrogen) atoms. The maximum atomic E-state index is 8.78. The van der Waals surface area contributed by atoms with Crippen molar-refractivity contribution in [2.75, 3.05) is 19.6 Å². The van der Waals surface area contributed by atoms with Gasteiger partial charge >= 0.3 is 0 Å². The molecule has 0 bridgehead atoms. The lowest BCUT2D eigenvalue weighted by atomic mass is 9.99. The van der Waals surface area contributed by atoms with Crippen molar-refractivity contribution in [3.05, 3.63) is 0 Å². The minimum Gasteiger partial charge on any atom is -0.314 e. The van der Waals surface area contributed by atoms with Crippen molar-refractivity contribution < 1.29 is 0 Å². The Morgan fingerprint density at radius 2 is 2.20 bits per heavy atom. The highest BCUT2D eigenvalue weighted by molar-refractivity contribution is 5.00. The van der Waals surface area contributed by atoms with Crippen LogP contribution in [0.5, 0.6) is 0 Å². The summed E-state index contributed by atoms with van der Waals surface area (Å²) in [7, 11) is 0. The van der Waals surface area contributed by atoms with Crippen molar-refractivity contribution in [3.63, 3.8) is 0 Å². The Bertz CT molecular complexity index is 226. The maximum absolute atomic E-state index is 8.78. The molecule has 1 aliphatic rings. The van der Waals surface area contributed by atoms with E-state index < -0.39 is 5.54 Å². The van der Waals surface area contributed by atoms with Crippen LogP contribution in [0.25, 0.3) is 0 Å². The van der Waals surface area contributed by atoms with Crippen LogP contribution in [0.1, 0.15) is 39.5 Å². The van der Waals surface area contributed by atoms with Crippen molar-refractivity contribution in [2.45, 2.75) is 45.1 Å². The lowest BCUT2D eigenvalue weighted by Gasteiger charge is -2.22. The first kappa shape index (κ1) is 12.5. The van der Waals surface area contributed by atoms with Crippen molar-refractivity contribution in [1.82, 2.24) is 4.90 Å². The summed E-state index contributed by atoms with van der Waals surface area (Å²) in [6.45, 7) is 7.45. The fourth-order valence-electron chi connectivity index (χ4n) is 1.77. The topological polar surface area (TPSA) is 53.0 Å². The zero-order valence-corrected chi connectivity index (χ0v) is 10.00. The predicted octanol–water partition coefficient (Wildman–Crippen LogP) is 1.74. The maximum Gasteiger partial charge on any atom is 0.101 e. The first-order valence-corrected chi connectivity index (χ1v) is 6.00. The summed E-state index contributed by atoms with van der Waals surface area (Å²) in [5.74, 6) is 0.949. The van der Waals surface area contributed by atoms with Gasteiger partial charge in [-0.05, 0) is 51.6 Å². The minimum absolute atomic E-state index is 0.640. The Kier molecular flexibility index (Phi) is 4.56. The fourth-order valence-corrected chi connectivity index (χ4v) is 1.77. The van der Waals surface area contributed by atoms with Gasteiger partial charge in [-0.2, -0.15) is 5.26 Å². The molecular formula is C12H23N3. The summed E-state index contributed by atoms with van der Waals surface area (Å²) < 4.78 is 0. The van der Waals surface area contributed by atoms with Gasteiger partial charge in [-0.1, -0.05) is 6.92 Å². The Labute approximate surface area is 93.2 Å². The van der Waals surface area contributed by atoms with Crippen LogP contribution in [0.2, 0.25) is 0 Å². The lowest BCUT2D eigenvalue weighted by Crippen LogP contribution is -2.35. The Morgan fingerprint density at radius 3 is 2.67 bits per heavy atom. The second-order valence-corrected chi connectivity index (χ2v) is 4.97. The van der Waals surface area contributed by atoms with Crippen LogP contribution >= 0.6 is 0 Å². The normalized spacial score (nSPS) is 19.9.